The Morgan fingerprint density at radius 3 is 3.11 bits per heavy atom. The number of carbonyl (C=O) groups excluding carboxylic acids is 1. The van der Waals surface area contributed by atoms with Crippen molar-refractivity contribution >= 4 is 17.2 Å². The molecule has 5 nitrogen and oxygen atoms in total. The maximum atomic E-state index is 12.1. The van der Waals surface area contributed by atoms with Crippen LogP contribution in [-0.4, -0.2) is 16.0 Å². The highest BCUT2D eigenvalue weighted by atomic mass is 32.1. The minimum Gasteiger partial charge on any atom is -0.364 e. The minimum absolute atomic E-state index is 0.0977. The third kappa shape index (κ3) is 2.15. The molecule has 0 bridgehead atoms. The molecule has 2 aromatic heterocycles. The summed E-state index contributed by atoms with van der Waals surface area (Å²) in [5.41, 5.74) is 1.35. The van der Waals surface area contributed by atoms with Crippen LogP contribution in [0.4, 0.5) is 0 Å². The Morgan fingerprint density at radius 1 is 1.61 bits per heavy atom. The number of rotatable bonds is 4. The Hall–Kier alpha value is -1.69. The zero-order valence-corrected chi connectivity index (χ0v) is 10.7. The molecule has 1 saturated carbocycles. The molecule has 0 unspecified atom stereocenters. The maximum absolute atomic E-state index is 12.1. The summed E-state index contributed by atoms with van der Waals surface area (Å²) in [6.45, 7) is 1.92. The number of nitrogens with zero attached hydrogens (tertiary/aromatic N) is 2. The lowest BCUT2D eigenvalue weighted by atomic mass is 10.1. The van der Waals surface area contributed by atoms with Gasteiger partial charge in [-0.05, 0) is 19.8 Å². The monoisotopic (exact) mass is 263 g/mol. The summed E-state index contributed by atoms with van der Waals surface area (Å²) < 4.78 is 4.92. The molecule has 0 spiro atoms. The van der Waals surface area contributed by atoms with Crippen LogP contribution < -0.4 is 5.32 Å². The van der Waals surface area contributed by atoms with E-state index in [1.807, 2.05) is 12.3 Å². The second kappa shape index (κ2) is 4.53. The molecule has 1 aliphatic rings. The van der Waals surface area contributed by atoms with Crippen molar-refractivity contribution in [2.45, 2.75) is 31.7 Å². The van der Waals surface area contributed by atoms with E-state index in [0.717, 1.165) is 23.5 Å². The lowest BCUT2D eigenvalue weighted by Gasteiger charge is -2.10. The summed E-state index contributed by atoms with van der Waals surface area (Å²) in [7, 11) is 0. The SMILES string of the molecule is C[C@H](NC(=O)c1conc1C1CC1)c1nccs1. The lowest BCUT2D eigenvalue weighted by molar-refractivity contribution is 0.0938. The molecule has 18 heavy (non-hydrogen) atoms. The third-order valence-corrected chi connectivity index (χ3v) is 3.93. The number of hydrogen-bond acceptors (Lipinski definition) is 5. The van der Waals surface area contributed by atoms with E-state index in [1.165, 1.54) is 17.6 Å². The molecule has 0 saturated heterocycles. The Bertz CT molecular complexity index is 545. The molecule has 1 amide bonds. The highest BCUT2D eigenvalue weighted by molar-refractivity contribution is 7.09. The van der Waals surface area contributed by atoms with E-state index in [4.69, 9.17) is 4.52 Å². The summed E-state index contributed by atoms with van der Waals surface area (Å²) in [6.07, 6.45) is 5.35. The first kappa shape index (κ1) is 11.4. The van der Waals surface area contributed by atoms with E-state index >= 15 is 0 Å². The Balaban J connectivity index is 1.72. The van der Waals surface area contributed by atoms with E-state index in [2.05, 4.69) is 15.5 Å². The van der Waals surface area contributed by atoms with Gasteiger partial charge < -0.3 is 9.84 Å². The first-order valence-corrected chi connectivity index (χ1v) is 6.78. The van der Waals surface area contributed by atoms with E-state index in [0.29, 0.717) is 11.5 Å². The molecule has 1 atom stereocenters. The quantitative estimate of drug-likeness (QED) is 0.920. The van der Waals surface area contributed by atoms with Gasteiger partial charge in [-0.15, -0.1) is 11.3 Å². The fourth-order valence-electron chi connectivity index (χ4n) is 1.85. The molecule has 2 heterocycles. The van der Waals surface area contributed by atoms with Gasteiger partial charge in [0.2, 0.25) is 0 Å². The summed E-state index contributed by atoms with van der Waals surface area (Å²) in [5, 5.41) is 9.63. The fourth-order valence-corrected chi connectivity index (χ4v) is 2.50. The van der Waals surface area contributed by atoms with Gasteiger partial charge in [0, 0.05) is 17.5 Å². The van der Waals surface area contributed by atoms with Crippen LogP contribution in [-0.2, 0) is 0 Å². The summed E-state index contributed by atoms with van der Waals surface area (Å²) in [6, 6.07) is -0.0977. The molecule has 1 N–H and O–H groups in total. The molecular weight excluding hydrogens is 250 g/mol. The van der Waals surface area contributed by atoms with Gasteiger partial charge in [-0.3, -0.25) is 4.79 Å². The van der Waals surface area contributed by atoms with E-state index in [-0.39, 0.29) is 11.9 Å². The highest BCUT2D eigenvalue weighted by Gasteiger charge is 2.32. The standard InChI is InChI=1S/C12H13N3O2S/c1-7(12-13-4-5-18-12)14-11(16)9-6-17-15-10(9)8-2-3-8/h4-8H,2-3H2,1H3,(H,14,16)/t7-/m0/s1. The fraction of sp³-hybridized carbons (Fsp3) is 0.417. The Kier molecular flexibility index (Phi) is 2.87. The third-order valence-electron chi connectivity index (χ3n) is 2.98. The molecule has 1 aliphatic carbocycles. The zero-order chi connectivity index (χ0) is 12.5. The van der Waals surface area contributed by atoms with Crippen molar-refractivity contribution in [2.75, 3.05) is 0 Å². The average molecular weight is 263 g/mol. The van der Waals surface area contributed by atoms with Crippen molar-refractivity contribution in [1.82, 2.24) is 15.5 Å². The van der Waals surface area contributed by atoms with Crippen molar-refractivity contribution in [3.8, 4) is 0 Å². The van der Waals surface area contributed by atoms with Crippen molar-refractivity contribution in [2.24, 2.45) is 0 Å². The van der Waals surface area contributed by atoms with Crippen LogP contribution in [0.1, 0.15) is 52.8 Å². The Labute approximate surface area is 108 Å². The smallest absolute Gasteiger partial charge is 0.257 e. The van der Waals surface area contributed by atoms with Crippen LogP contribution in [0.25, 0.3) is 0 Å². The Morgan fingerprint density at radius 2 is 2.44 bits per heavy atom. The maximum Gasteiger partial charge on any atom is 0.257 e. The minimum atomic E-state index is -0.138. The predicted molar refractivity (Wildman–Crippen MR) is 66.5 cm³/mol. The molecule has 1 fully saturated rings. The van der Waals surface area contributed by atoms with Crippen LogP contribution in [0.15, 0.2) is 22.4 Å². The second-order valence-corrected chi connectivity index (χ2v) is 5.38. The van der Waals surface area contributed by atoms with Gasteiger partial charge in [0.05, 0.1) is 11.7 Å². The molecule has 0 aromatic carbocycles. The van der Waals surface area contributed by atoms with Crippen LogP contribution in [0, 0.1) is 0 Å². The van der Waals surface area contributed by atoms with Crippen LogP contribution in [0.2, 0.25) is 0 Å². The molecule has 0 radical (unpaired) electrons. The molecule has 0 aliphatic heterocycles. The number of thiazole rings is 1. The van der Waals surface area contributed by atoms with E-state index in [9.17, 15) is 4.79 Å². The normalized spacial score (nSPS) is 16.5. The van der Waals surface area contributed by atoms with Crippen molar-refractivity contribution in [1.29, 1.82) is 0 Å². The van der Waals surface area contributed by atoms with Crippen molar-refractivity contribution in [3.05, 3.63) is 34.1 Å². The number of hydrogen-bond donors (Lipinski definition) is 1. The van der Waals surface area contributed by atoms with Gasteiger partial charge in [-0.2, -0.15) is 0 Å². The van der Waals surface area contributed by atoms with Crippen LogP contribution >= 0.6 is 11.3 Å². The predicted octanol–water partition coefficient (Wildman–Crippen LogP) is 2.50. The van der Waals surface area contributed by atoms with E-state index in [1.54, 1.807) is 6.20 Å². The van der Waals surface area contributed by atoms with Crippen LogP contribution in [0.3, 0.4) is 0 Å². The zero-order valence-electron chi connectivity index (χ0n) is 9.92. The van der Waals surface area contributed by atoms with Crippen LogP contribution in [0.5, 0.6) is 0 Å². The number of aromatic nitrogens is 2. The second-order valence-electron chi connectivity index (χ2n) is 4.45. The molecule has 3 rings (SSSR count). The van der Waals surface area contributed by atoms with Gasteiger partial charge in [0.1, 0.15) is 16.8 Å². The number of amides is 1. The van der Waals surface area contributed by atoms with Gasteiger partial charge in [0.15, 0.2) is 0 Å². The van der Waals surface area contributed by atoms with Crippen molar-refractivity contribution < 1.29 is 9.32 Å². The number of nitrogens with one attached hydrogen (secondary N) is 1. The first-order chi connectivity index (χ1) is 8.75. The lowest BCUT2D eigenvalue weighted by Crippen LogP contribution is -2.27. The molecule has 94 valence electrons. The van der Waals surface area contributed by atoms with Gasteiger partial charge in [-0.1, -0.05) is 5.16 Å². The van der Waals surface area contributed by atoms with Gasteiger partial charge in [-0.25, -0.2) is 4.98 Å². The van der Waals surface area contributed by atoms with Crippen molar-refractivity contribution in [3.63, 3.8) is 0 Å². The topological polar surface area (TPSA) is 68.0 Å². The summed E-state index contributed by atoms with van der Waals surface area (Å²) in [4.78, 5) is 16.3. The molecule has 6 heteroatoms. The molecular formula is C12H13N3O2S. The summed E-state index contributed by atoms with van der Waals surface area (Å²) in [5.74, 6) is 0.264. The van der Waals surface area contributed by atoms with Gasteiger partial charge >= 0.3 is 0 Å². The number of carbonyl (C=O) groups is 1. The highest BCUT2D eigenvalue weighted by Crippen LogP contribution is 2.40. The largest absolute Gasteiger partial charge is 0.364 e. The first-order valence-electron chi connectivity index (χ1n) is 5.90. The van der Waals surface area contributed by atoms with E-state index < -0.39 is 0 Å². The van der Waals surface area contributed by atoms with Gasteiger partial charge in [0.25, 0.3) is 5.91 Å². The summed E-state index contributed by atoms with van der Waals surface area (Å²) >= 11 is 1.53. The molecule has 2 aromatic rings. The average Bonchev–Trinajstić information content (AvgIpc) is 2.90.